The Morgan fingerprint density at radius 1 is 1.05 bits per heavy atom. The summed E-state index contributed by atoms with van der Waals surface area (Å²) in [5.74, 6) is -0.758. The molecule has 0 N–H and O–H groups in total. The van der Waals surface area contributed by atoms with Gasteiger partial charge in [-0.15, -0.1) is 0 Å². The first-order valence-electron chi connectivity index (χ1n) is 13.9. The predicted molar refractivity (Wildman–Crippen MR) is 146 cm³/mol. The largest absolute Gasteiger partial charge is 0.379 e. The highest BCUT2D eigenvalue weighted by atomic mass is 19.1. The summed E-state index contributed by atoms with van der Waals surface area (Å²) < 4.78 is 19.1. The Labute approximate surface area is 232 Å². The number of non-ortho nitro benzene ring substituents is 1. The van der Waals surface area contributed by atoms with Gasteiger partial charge in [0.25, 0.3) is 11.6 Å². The summed E-state index contributed by atoms with van der Waals surface area (Å²) in [5, 5.41) is 17.1. The van der Waals surface area contributed by atoms with Crippen molar-refractivity contribution in [3.05, 3.63) is 75.6 Å². The molecule has 2 aromatic rings. The normalized spacial score (nSPS) is 20.0. The molecule has 11 heteroatoms. The molecule has 3 aliphatic rings. The van der Waals surface area contributed by atoms with Gasteiger partial charge in [-0.25, -0.2) is 9.40 Å². The van der Waals surface area contributed by atoms with Gasteiger partial charge < -0.3 is 9.64 Å². The van der Waals surface area contributed by atoms with E-state index in [1.54, 1.807) is 29.2 Å². The van der Waals surface area contributed by atoms with Crippen molar-refractivity contribution in [2.45, 2.75) is 38.1 Å². The van der Waals surface area contributed by atoms with Crippen LogP contribution in [-0.2, 0) is 14.3 Å². The van der Waals surface area contributed by atoms with E-state index in [0.29, 0.717) is 44.0 Å². The Balaban J connectivity index is 1.38. The fraction of sp³-hybridized carbons (Fsp3) is 0.483. The molecule has 2 aliphatic heterocycles. The molecule has 2 fully saturated rings. The summed E-state index contributed by atoms with van der Waals surface area (Å²) in [6, 6.07) is 11.5. The molecule has 0 bridgehead atoms. The number of carbonyl (C=O) groups excluding carboxylic acids is 2. The van der Waals surface area contributed by atoms with E-state index in [1.165, 1.54) is 29.3 Å². The molecule has 2 amide bonds. The summed E-state index contributed by atoms with van der Waals surface area (Å²) in [5.41, 5.74) is 1.95. The van der Waals surface area contributed by atoms with E-state index in [0.717, 1.165) is 44.3 Å². The molecular weight excluding hydrogens is 517 g/mol. The van der Waals surface area contributed by atoms with Crippen LogP contribution in [0, 0.1) is 21.8 Å². The van der Waals surface area contributed by atoms with Gasteiger partial charge >= 0.3 is 0 Å². The lowest BCUT2D eigenvalue weighted by atomic mass is 9.98. The van der Waals surface area contributed by atoms with Crippen molar-refractivity contribution < 1.29 is 23.6 Å². The monoisotopic (exact) mass is 551 g/mol. The quantitative estimate of drug-likeness (QED) is 0.347. The van der Waals surface area contributed by atoms with E-state index in [1.807, 2.05) is 0 Å². The Kier molecular flexibility index (Phi) is 8.81. The number of hydrogen-bond donors (Lipinski definition) is 0. The minimum Gasteiger partial charge on any atom is -0.379 e. The number of nitro benzene ring substituents is 1. The number of nitro groups is 1. The van der Waals surface area contributed by atoms with Gasteiger partial charge in [0.2, 0.25) is 5.91 Å². The van der Waals surface area contributed by atoms with Crippen molar-refractivity contribution >= 4 is 23.2 Å². The average molecular weight is 552 g/mol. The first-order valence-corrected chi connectivity index (χ1v) is 13.9. The van der Waals surface area contributed by atoms with Gasteiger partial charge in [0.15, 0.2) is 0 Å². The summed E-state index contributed by atoms with van der Waals surface area (Å²) >= 11 is 0. The van der Waals surface area contributed by atoms with Crippen LogP contribution in [0.2, 0.25) is 0 Å². The maximum absolute atomic E-state index is 13.8. The summed E-state index contributed by atoms with van der Waals surface area (Å²) in [6.45, 7) is 3.89. The molecule has 2 aromatic carbocycles. The number of morpholine rings is 1. The number of nitrogens with zero attached hydrogens (tertiary/aromatic N) is 5. The molecule has 1 saturated carbocycles. The van der Waals surface area contributed by atoms with Gasteiger partial charge in [0.05, 0.1) is 29.9 Å². The molecule has 1 aliphatic carbocycles. The highest BCUT2D eigenvalue weighted by Crippen LogP contribution is 2.34. The topological polar surface area (TPSA) is 109 Å². The summed E-state index contributed by atoms with van der Waals surface area (Å²) in [6.07, 6.45) is 4.07. The molecule has 212 valence electrons. The number of carbonyl (C=O) groups is 2. The van der Waals surface area contributed by atoms with Crippen LogP contribution in [0.4, 0.5) is 10.1 Å². The van der Waals surface area contributed by atoms with Crippen LogP contribution in [0.25, 0.3) is 0 Å². The zero-order chi connectivity index (χ0) is 28.1. The summed E-state index contributed by atoms with van der Waals surface area (Å²) in [7, 11) is 0. The van der Waals surface area contributed by atoms with Gasteiger partial charge in [-0.05, 0) is 48.2 Å². The number of hydrogen-bond acceptors (Lipinski definition) is 7. The van der Waals surface area contributed by atoms with E-state index in [2.05, 4.69) is 10.0 Å². The highest BCUT2D eigenvalue weighted by Gasteiger charge is 2.36. The van der Waals surface area contributed by atoms with E-state index in [-0.39, 0.29) is 35.8 Å². The molecular formula is C29H34FN5O5. The second-order valence-electron chi connectivity index (χ2n) is 10.6. The van der Waals surface area contributed by atoms with Crippen LogP contribution < -0.4 is 0 Å². The van der Waals surface area contributed by atoms with E-state index in [9.17, 15) is 24.1 Å². The van der Waals surface area contributed by atoms with E-state index in [4.69, 9.17) is 4.74 Å². The molecule has 40 heavy (non-hydrogen) atoms. The Morgan fingerprint density at radius 3 is 2.38 bits per heavy atom. The second kappa shape index (κ2) is 12.6. The number of halogens is 1. The Hall–Kier alpha value is -3.70. The van der Waals surface area contributed by atoms with Crippen LogP contribution >= 0.6 is 0 Å². The minimum atomic E-state index is -0.485. The fourth-order valence-electron chi connectivity index (χ4n) is 5.66. The SMILES string of the molecule is O=C(C1CCCC1)N(CCN1CCOCC1)CC(=O)N1N=C(c2ccc([N+](=O)[O-])cc2)C[C@@H]1c1ccc(F)cc1. The van der Waals surface area contributed by atoms with Crippen molar-refractivity contribution in [3.8, 4) is 0 Å². The zero-order valence-electron chi connectivity index (χ0n) is 22.4. The Morgan fingerprint density at radius 2 is 1.73 bits per heavy atom. The van der Waals surface area contributed by atoms with Crippen molar-refractivity contribution in [1.82, 2.24) is 14.8 Å². The van der Waals surface area contributed by atoms with Crippen LogP contribution in [0.3, 0.4) is 0 Å². The number of hydrazone groups is 1. The lowest BCUT2D eigenvalue weighted by molar-refractivity contribution is -0.384. The molecule has 2 heterocycles. The van der Waals surface area contributed by atoms with Gasteiger partial charge in [0.1, 0.15) is 12.4 Å². The molecule has 0 spiro atoms. The molecule has 10 nitrogen and oxygen atoms in total. The smallest absolute Gasteiger partial charge is 0.269 e. The fourth-order valence-corrected chi connectivity index (χ4v) is 5.66. The first-order chi connectivity index (χ1) is 19.4. The molecule has 5 rings (SSSR count). The minimum absolute atomic E-state index is 0.0104. The van der Waals surface area contributed by atoms with Crippen molar-refractivity contribution in [3.63, 3.8) is 0 Å². The standard InChI is InChI=1S/C29H34FN5O5/c30-24-9-5-22(6-10-24)27-19-26(21-7-11-25(12-8-21)35(38)39)31-34(27)28(36)20-33(29(37)23-3-1-2-4-23)14-13-32-15-17-40-18-16-32/h5-12,23,27H,1-4,13-20H2/t27-/m1/s1. The van der Waals surface area contributed by atoms with Crippen LogP contribution in [0.15, 0.2) is 53.6 Å². The average Bonchev–Trinajstić information content (AvgIpc) is 3.67. The molecule has 1 saturated heterocycles. The van der Waals surface area contributed by atoms with Gasteiger partial charge in [0, 0.05) is 50.7 Å². The lowest BCUT2D eigenvalue weighted by Gasteiger charge is -2.32. The third kappa shape index (κ3) is 6.53. The summed E-state index contributed by atoms with van der Waals surface area (Å²) in [4.78, 5) is 41.9. The zero-order valence-corrected chi connectivity index (χ0v) is 22.4. The highest BCUT2D eigenvalue weighted by molar-refractivity contribution is 6.03. The van der Waals surface area contributed by atoms with Crippen molar-refractivity contribution in [2.24, 2.45) is 11.0 Å². The maximum Gasteiger partial charge on any atom is 0.269 e. The Bertz CT molecular complexity index is 1240. The van der Waals surface area contributed by atoms with E-state index < -0.39 is 11.0 Å². The number of benzene rings is 2. The maximum atomic E-state index is 13.8. The third-order valence-corrected chi connectivity index (χ3v) is 7.96. The number of amides is 2. The molecule has 0 unspecified atom stereocenters. The first kappa shape index (κ1) is 27.9. The van der Waals surface area contributed by atoms with Crippen LogP contribution in [-0.4, -0.2) is 83.2 Å². The van der Waals surface area contributed by atoms with Gasteiger partial charge in [-0.2, -0.15) is 5.10 Å². The molecule has 1 atom stereocenters. The van der Waals surface area contributed by atoms with E-state index >= 15 is 0 Å². The molecule has 0 aromatic heterocycles. The number of ether oxygens (including phenoxy) is 1. The van der Waals surface area contributed by atoms with Crippen LogP contribution in [0.1, 0.15) is 49.3 Å². The van der Waals surface area contributed by atoms with Crippen molar-refractivity contribution in [1.29, 1.82) is 0 Å². The lowest BCUT2D eigenvalue weighted by Crippen LogP contribution is -2.47. The van der Waals surface area contributed by atoms with Crippen LogP contribution in [0.5, 0.6) is 0 Å². The van der Waals surface area contributed by atoms with Crippen molar-refractivity contribution in [2.75, 3.05) is 45.9 Å². The third-order valence-electron chi connectivity index (χ3n) is 7.96. The second-order valence-corrected chi connectivity index (χ2v) is 10.6. The van der Waals surface area contributed by atoms with Gasteiger partial charge in [-0.3, -0.25) is 24.6 Å². The number of rotatable bonds is 9. The molecule has 0 radical (unpaired) electrons. The predicted octanol–water partition coefficient (Wildman–Crippen LogP) is 3.76. The van der Waals surface area contributed by atoms with Gasteiger partial charge in [-0.1, -0.05) is 25.0 Å².